The lowest BCUT2D eigenvalue weighted by molar-refractivity contribution is 0.404. The number of tetrazole rings is 1. The molecule has 0 saturated carbocycles. The van der Waals surface area contributed by atoms with E-state index >= 15 is 0 Å². The molecule has 0 fully saturated rings. The van der Waals surface area contributed by atoms with Gasteiger partial charge in [0.1, 0.15) is 5.75 Å². The summed E-state index contributed by atoms with van der Waals surface area (Å²) in [4.78, 5) is 1.14. The zero-order chi connectivity index (χ0) is 13.9. The summed E-state index contributed by atoms with van der Waals surface area (Å²) in [6.45, 7) is 6.55. The lowest BCUT2D eigenvalue weighted by Gasteiger charge is -2.19. The predicted molar refractivity (Wildman–Crippen MR) is 75.6 cm³/mol. The molecule has 1 N–H and O–H groups in total. The summed E-state index contributed by atoms with van der Waals surface area (Å²) in [5, 5.41) is 14.0. The molecule has 0 bridgehead atoms. The molecular formula is C13H18N4OS. The van der Waals surface area contributed by atoms with Crippen LogP contribution in [0.2, 0.25) is 0 Å². The van der Waals surface area contributed by atoms with E-state index in [0.29, 0.717) is 12.2 Å². The third kappa shape index (κ3) is 3.96. The van der Waals surface area contributed by atoms with Crippen LogP contribution in [0.3, 0.4) is 0 Å². The van der Waals surface area contributed by atoms with Crippen LogP contribution in [0, 0.1) is 0 Å². The van der Waals surface area contributed by atoms with Crippen molar-refractivity contribution >= 4 is 11.8 Å². The Labute approximate surface area is 117 Å². The molecule has 6 heteroatoms. The topological polar surface area (TPSA) is 63.7 Å². The van der Waals surface area contributed by atoms with Gasteiger partial charge in [0.05, 0.1) is 12.0 Å². The largest absolute Gasteiger partial charge is 0.496 e. The first kappa shape index (κ1) is 13.9. The van der Waals surface area contributed by atoms with Crippen molar-refractivity contribution in [3.63, 3.8) is 0 Å². The number of nitrogens with zero attached hydrogens (tertiary/aromatic N) is 3. The number of thioether (sulfide) groups is 1. The maximum Gasteiger partial charge on any atom is 0.178 e. The van der Waals surface area contributed by atoms with E-state index in [4.69, 9.17) is 4.74 Å². The fourth-order valence-corrected chi connectivity index (χ4v) is 2.80. The Hall–Kier alpha value is -1.56. The van der Waals surface area contributed by atoms with Gasteiger partial charge in [0, 0.05) is 11.2 Å². The van der Waals surface area contributed by atoms with Crippen molar-refractivity contribution in [1.29, 1.82) is 0 Å². The number of nitrogens with one attached hydrogen (secondary N) is 1. The molecule has 102 valence electrons. The molecule has 5 nitrogen and oxygen atoms in total. The Morgan fingerprint density at radius 2 is 2.11 bits per heavy atom. The van der Waals surface area contributed by atoms with Crippen molar-refractivity contribution in [2.45, 2.75) is 36.8 Å². The third-order valence-corrected chi connectivity index (χ3v) is 3.55. The molecule has 0 saturated heterocycles. The summed E-state index contributed by atoms with van der Waals surface area (Å²) < 4.78 is 5.55. The molecule has 1 aromatic carbocycles. The van der Waals surface area contributed by atoms with Crippen molar-refractivity contribution in [1.82, 2.24) is 20.6 Å². The average molecular weight is 278 g/mol. The number of hydrogen-bond donors (Lipinski definition) is 1. The van der Waals surface area contributed by atoms with Gasteiger partial charge in [0.15, 0.2) is 5.82 Å². The molecular weight excluding hydrogens is 260 g/mol. The Balaban J connectivity index is 2.24. The number of methoxy groups -OCH3 is 1. The van der Waals surface area contributed by atoms with Gasteiger partial charge in [0.2, 0.25) is 0 Å². The van der Waals surface area contributed by atoms with Gasteiger partial charge in [-0.05, 0) is 17.7 Å². The van der Waals surface area contributed by atoms with Gasteiger partial charge in [0.25, 0.3) is 0 Å². The summed E-state index contributed by atoms with van der Waals surface area (Å²) in [6.07, 6.45) is 0.665. The van der Waals surface area contributed by atoms with Crippen LogP contribution in [-0.2, 0) is 6.42 Å². The van der Waals surface area contributed by atoms with Crippen LogP contribution in [-0.4, -0.2) is 32.5 Å². The number of rotatable bonds is 4. The first-order valence-electron chi connectivity index (χ1n) is 6.06. The van der Waals surface area contributed by atoms with Gasteiger partial charge in [-0.25, -0.2) is 0 Å². The molecule has 0 radical (unpaired) electrons. The molecule has 1 heterocycles. The minimum atomic E-state index is 0.137. The highest BCUT2D eigenvalue weighted by Gasteiger charge is 2.16. The molecule has 0 spiro atoms. The van der Waals surface area contributed by atoms with Gasteiger partial charge >= 0.3 is 0 Å². The highest BCUT2D eigenvalue weighted by Crippen LogP contribution is 2.38. The normalized spacial score (nSPS) is 11.6. The van der Waals surface area contributed by atoms with E-state index in [-0.39, 0.29) is 4.75 Å². The van der Waals surface area contributed by atoms with Crippen LogP contribution < -0.4 is 4.74 Å². The second kappa shape index (κ2) is 5.61. The van der Waals surface area contributed by atoms with Crippen LogP contribution in [0.1, 0.15) is 32.2 Å². The maximum atomic E-state index is 5.41. The summed E-state index contributed by atoms with van der Waals surface area (Å²) in [6, 6.07) is 6.15. The Morgan fingerprint density at radius 3 is 2.68 bits per heavy atom. The van der Waals surface area contributed by atoms with Crippen LogP contribution in [0.15, 0.2) is 23.1 Å². The highest BCUT2D eigenvalue weighted by atomic mass is 32.2. The van der Waals surface area contributed by atoms with Gasteiger partial charge in [-0.1, -0.05) is 32.1 Å². The Morgan fingerprint density at radius 1 is 1.32 bits per heavy atom. The molecule has 0 aliphatic rings. The molecule has 2 rings (SSSR count). The molecule has 0 amide bonds. The SMILES string of the molecule is COc1ccc(Cc2nn[nH]n2)cc1SC(C)(C)C. The van der Waals surface area contributed by atoms with E-state index < -0.39 is 0 Å². The number of ether oxygens (including phenoxy) is 1. The molecule has 19 heavy (non-hydrogen) atoms. The Kier molecular flexibility index (Phi) is 4.09. The smallest absolute Gasteiger partial charge is 0.178 e. The van der Waals surface area contributed by atoms with Crippen LogP contribution in [0.5, 0.6) is 5.75 Å². The van der Waals surface area contributed by atoms with Crippen molar-refractivity contribution < 1.29 is 4.74 Å². The van der Waals surface area contributed by atoms with E-state index in [2.05, 4.69) is 47.5 Å². The Bertz CT molecular complexity index is 534. The van der Waals surface area contributed by atoms with Gasteiger partial charge < -0.3 is 4.74 Å². The van der Waals surface area contributed by atoms with E-state index in [0.717, 1.165) is 16.2 Å². The number of hydrogen-bond acceptors (Lipinski definition) is 5. The van der Waals surface area contributed by atoms with Crippen LogP contribution in [0.4, 0.5) is 0 Å². The van der Waals surface area contributed by atoms with Crippen LogP contribution in [0.25, 0.3) is 0 Å². The fourth-order valence-electron chi connectivity index (χ4n) is 1.68. The van der Waals surface area contributed by atoms with Gasteiger partial charge in [-0.2, -0.15) is 5.21 Å². The van der Waals surface area contributed by atoms with Crippen molar-refractivity contribution in [2.75, 3.05) is 7.11 Å². The second-order valence-corrected chi connectivity index (χ2v) is 7.07. The fraction of sp³-hybridized carbons (Fsp3) is 0.462. The summed E-state index contributed by atoms with van der Waals surface area (Å²) in [5.41, 5.74) is 1.15. The van der Waals surface area contributed by atoms with Crippen molar-refractivity contribution in [3.8, 4) is 5.75 Å². The number of aromatic nitrogens is 4. The van der Waals surface area contributed by atoms with Crippen molar-refractivity contribution in [3.05, 3.63) is 29.6 Å². The number of H-pyrrole nitrogens is 1. The maximum absolute atomic E-state index is 5.41. The third-order valence-electron chi connectivity index (χ3n) is 2.40. The first-order chi connectivity index (χ1) is 8.98. The van der Waals surface area contributed by atoms with E-state index in [1.807, 2.05) is 12.1 Å². The summed E-state index contributed by atoms with van der Waals surface area (Å²) in [7, 11) is 1.70. The van der Waals surface area contributed by atoms with E-state index in [9.17, 15) is 0 Å². The first-order valence-corrected chi connectivity index (χ1v) is 6.88. The number of benzene rings is 1. The van der Waals surface area contributed by atoms with E-state index in [1.54, 1.807) is 18.9 Å². The standard InChI is InChI=1S/C13H18N4OS/c1-13(2,3)19-11-7-9(5-6-10(11)18-4)8-12-14-16-17-15-12/h5-7H,8H2,1-4H3,(H,14,15,16,17). The average Bonchev–Trinajstić information content (AvgIpc) is 2.80. The second-order valence-electron chi connectivity index (χ2n) is 5.20. The molecule has 0 aliphatic carbocycles. The van der Waals surface area contributed by atoms with Gasteiger partial charge in [-0.15, -0.1) is 22.0 Å². The lowest BCUT2D eigenvalue weighted by atomic mass is 10.1. The number of aromatic amines is 1. The quantitative estimate of drug-likeness (QED) is 0.871. The zero-order valence-corrected chi connectivity index (χ0v) is 12.4. The molecule has 0 aliphatic heterocycles. The molecule has 0 unspecified atom stereocenters. The predicted octanol–water partition coefficient (Wildman–Crippen LogP) is 2.69. The van der Waals surface area contributed by atoms with E-state index in [1.165, 1.54) is 0 Å². The highest BCUT2D eigenvalue weighted by molar-refractivity contribution is 8.00. The van der Waals surface area contributed by atoms with Gasteiger partial charge in [-0.3, -0.25) is 0 Å². The van der Waals surface area contributed by atoms with Crippen LogP contribution >= 0.6 is 11.8 Å². The minimum Gasteiger partial charge on any atom is -0.496 e. The molecule has 2 aromatic rings. The zero-order valence-electron chi connectivity index (χ0n) is 11.6. The monoisotopic (exact) mass is 278 g/mol. The summed E-state index contributed by atoms with van der Waals surface area (Å²) >= 11 is 1.79. The molecule has 1 aromatic heterocycles. The minimum absolute atomic E-state index is 0.137. The van der Waals surface area contributed by atoms with Crippen molar-refractivity contribution in [2.24, 2.45) is 0 Å². The molecule has 0 atom stereocenters. The lowest BCUT2D eigenvalue weighted by Crippen LogP contribution is -2.07. The summed E-state index contributed by atoms with van der Waals surface area (Å²) in [5.74, 6) is 1.59.